The molecule has 0 aliphatic carbocycles. The fraction of sp³-hybridized carbons (Fsp3) is 0.727. The molecule has 0 aromatic heterocycles. The van der Waals surface area contributed by atoms with Crippen molar-refractivity contribution in [2.75, 3.05) is 13.1 Å². The van der Waals surface area contributed by atoms with Crippen LogP contribution in [0.15, 0.2) is 12.2 Å². The van der Waals surface area contributed by atoms with Crippen molar-refractivity contribution >= 4 is 5.91 Å². The van der Waals surface area contributed by atoms with E-state index >= 15 is 0 Å². The molecule has 2 N–H and O–H groups in total. The summed E-state index contributed by atoms with van der Waals surface area (Å²) in [5.74, 6) is 0.0194. The normalized spacial score (nSPS) is 11.2. The first-order chi connectivity index (χ1) is 6.30. The van der Waals surface area contributed by atoms with E-state index in [4.69, 9.17) is 5.73 Å². The Kier molecular flexibility index (Phi) is 4.85. The Morgan fingerprint density at radius 2 is 1.93 bits per heavy atom. The molecule has 0 bridgehead atoms. The van der Waals surface area contributed by atoms with Gasteiger partial charge in [0.05, 0.1) is 0 Å². The Hall–Kier alpha value is -0.830. The first kappa shape index (κ1) is 13.2. The molecule has 3 heteroatoms. The topological polar surface area (TPSA) is 46.3 Å². The van der Waals surface area contributed by atoms with E-state index in [9.17, 15) is 4.79 Å². The third-order valence-electron chi connectivity index (χ3n) is 2.01. The Balaban J connectivity index is 4.56. The molecule has 82 valence electrons. The second kappa shape index (κ2) is 5.15. The minimum Gasteiger partial charge on any atom is -0.334 e. The molecule has 0 heterocycles. The average Bonchev–Trinajstić information content (AvgIpc) is 2.02. The van der Waals surface area contributed by atoms with E-state index in [-0.39, 0.29) is 11.4 Å². The first-order valence-corrected chi connectivity index (χ1v) is 4.98. The lowest BCUT2D eigenvalue weighted by Gasteiger charge is -2.36. The second-order valence-corrected chi connectivity index (χ2v) is 4.55. The van der Waals surface area contributed by atoms with E-state index in [0.29, 0.717) is 18.7 Å². The van der Waals surface area contributed by atoms with Crippen molar-refractivity contribution < 1.29 is 4.79 Å². The third kappa shape index (κ3) is 3.92. The molecule has 0 unspecified atom stereocenters. The lowest BCUT2D eigenvalue weighted by Crippen LogP contribution is -2.46. The van der Waals surface area contributed by atoms with Gasteiger partial charge in [0.2, 0.25) is 5.91 Å². The largest absolute Gasteiger partial charge is 0.334 e. The Bertz CT molecular complexity index is 216. The van der Waals surface area contributed by atoms with Crippen molar-refractivity contribution in [3.8, 4) is 0 Å². The van der Waals surface area contributed by atoms with Gasteiger partial charge in [-0.1, -0.05) is 6.58 Å². The van der Waals surface area contributed by atoms with Crippen LogP contribution in [0.4, 0.5) is 0 Å². The van der Waals surface area contributed by atoms with Gasteiger partial charge in [-0.15, -0.1) is 0 Å². The predicted molar refractivity (Wildman–Crippen MR) is 60.0 cm³/mol. The number of hydrogen-bond donors (Lipinski definition) is 1. The summed E-state index contributed by atoms with van der Waals surface area (Å²) in [6.07, 6.45) is 0.830. The van der Waals surface area contributed by atoms with Gasteiger partial charge in [0.25, 0.3) is 0 Å². The molecular weight excluding hydrogens is 176 g/mol. The molecule has 0 aliphatic rings. The number of rotatable bonds is 4. The lowest BCUT2D eigenvalue weighted by atomic mass is 10.0. The minimum absolute atomic E-state index is 0.0194. The fourth-order valence-electron chi connectivity index (χ4n) is 1.22. The Labute approximate surface area is 87.0 Å². The smallest absolute Gasteiger partial charge is 0.249 e. The van der Waals surface area contributed by atoms with Crippen LogP contribution >= 0.6 is 0 Å². The molecule has 0 fully saturated rings. The summed E-state index contributed by atoms with van der Waals surface area (Å²) in [5, 5.41) is 0. The summed E-state index contributed by atoms with van der Waals surface area (Å²) in [7, 11) is 0. The molecule has 14 heavy (non-hydrogen) atoms. The van der Waals surface area contributed by atoms with Gasteiger partial charge in [0.15, 0.2) is 0 Å². The first-order valence-electron chi connectivity index (χ1n) is 4.98. The van der Waals surface area contributed by atoms with Crippen molar-refractivity contribution in [3.05, 3.63) is 12.2 Å². The van der Waals surface area contributed by atoms with E-state index in [1.165, 1.54) is 0 Å². The standard InChI is InChI=1S/C11H22N2O/c1-9(2)10(14)13(8-6-7-12)11(3,4)5/h1,6-8,12H2,2-5H3. The van der Waals surface area contributed by atoms with Crippen LogP contribution < -0.4 is 5.73 Å². The van der Waals surface area contributed by atoms with Crippen molar-refractivity contribution in [1.29, 1.82) is 0 Å². The summed E-state index contributed by atoms with van der Waals surface area (Å²) < 4.78 is 0. The predicted octanol–water partition coefficient (Wildman–Crippen LogP) is 1.54. The number of hydrogen-bond acceptors (Lipinski definition) is 2. The van der Waals surface area contributed by atoms with Crippen LogP contribution in [0.1, 0.15) is 34.1 Å². The second-order valence-electron chi connectivity index (χ2n) is 4.55. The number of carbonyl (C=O) groups is 1. The SMILES string of the molecule is C=C(C)C(=O)N(CCCN)C(C)(C)C. The molecule has 0 aromatic carbocycles. The van der Waals surface area contributed by atoms with Gasteiger partial charge < -0.3 is 10.6 Å². The highest BCUT2D eigenvalue weighted by atomic mass is 16.2. The van der Waals surface area contributed by atoms with E-state index in [1.807, 2.05) is 25.7 Å². The van der Waals surface area contributed by atoms with Gasteiger partial charge in [-0.05, 0) is 40.7 Å². The molecule has 0 rings (SSSR count). The van der Waals surface area contributed by atoms with Crippen LogP contribution in [0.2, 0.25) is 0 Å². The maximum Gasteiger partial charge on any atom is 0.249 e. The molecule has 0 saturated heterocycles. The van der Waals surface area contributed by atoms with Crippen molar-refractivity contribution in [3.63, 3.8) is 0 Å². The molecule has 0 spiro atoms. The zero-order valence-electron chi connectivity index (χ0n) is 9.76. The minimum atomic E-state index is -0.162. The van der Waals surface area contributed by atoms with Gasteiger partial charge in [-0.25, -0.2) is 0 Å². The van der Waals surface area contributed by atoms with Crippen LogP contribution in [0.5, 0.6) is 0 Å². The van der Waals surface area contributed by atoms with Crippen molar-refractivity contribution in [2.24, 2.45) is 5.73 Å². The molecule has 0 aromatic rings. The molecule has 1 amide bonds. The van der Waals surface area contributed by atoms with Gasteiger partial charge in [0, 0.05) is 17.7 Å². The average molecular weight is 198 g/mol. The van der Waals surface area contributed by atoms with Gasteiger partial charge in [0.1, 0.15) is 0 Å². The zero-order chi connectivity index (χ0) is 11.4. The summed E-state index contributed by atoms with van der Waals surface area (Å²) in [6.45, 7) is 12.8. The summed E-state index contributed by atoms with van der Waals surface area (Å²) in [6, 6.07) is 0. The maximum absolute atomic E-state index is 11.8. The molecule has 0 saturated carbocycles. The van der Waals surface area contributed by atoms with Gasteiger partial charge in [-0.3, -0.25) is 4.79 Å². The van der Waals surface area contributed by atoms with E-state index < -0.39 is 0 Å². The summed E-state index contributed by atoms with van der Waals surface area (Å²) >= 11 is 0. The number of amides is 1. The monoisotopic (exact) mass is 198 g/mol. The van der Waals surface area contributed by atoms with Gasteiger partial charge in [-0.2, -0.15) is 0 Å². The maximum atomic E-state index is 11.8. The number of nitrogens with two attached hydrogens (primary N) is 1. The van der Waals surface area contributed by atoms with E-state index in [0.717, 1.165) is 6.42 Å². The van der Waals surface area contributed by atoms with Crippen LogP contribution in [0.3, 0.4) is 0 Å². The van der Waals surface area contributed by atoms with E-state index in [1.54, 1.807) is 6.92 Å². The van der Waals surface area contributed by atoms with Crippen LogP contribution in [0.25, 0.3) is 0 Å². The lowest BCUT2D eigenvalue weighted by molar-refractivity contribution is -0.131. The molecule has 3 nitrogen and oxygen atoms in total. The highest BCUT2D eigenvalue weighted by molar-refractivity contribution is 5.92. The van der Waals surface area contributed by atoms with Crippen LogP contribution in [-0.2, 0) is 4.79 Å². The highest BCUT2D eigenvalue weighted by Gasteiger charge is 2.25. The molecular formula is C11H22N2O. The molecule has 0 atom stereocenters. The Morgan fingerprint density at radius 3 is 2.21 bits per heavy atom. The zero-order valence-corrected chi connectivity index (χ0v) is 9.76. The molecule has 0 aliphatic heterocycles. The summed E-state index contributed by atoms with van der Waals surface area (Å²) in [4.78, 5) is 13.6. The van der Waals surface area contributed by atoms with E-state index in [2.05, 4.69) is 6.58 Å². The number of carbonyl (C=O) groups excluding carboxylic acids is 1. The Morgan fingerprint density at radius 1 is 1.43 bits per heavy atom. The third-order valence-corrected chi connectivity index (χ3v) is 2.01. The molecule has 0 radical (unpaired) electrons. The quantitative estimate of drug-likeness (QED) is 0.696. The highest BCUT2D eigenvalue weighted by Crippen LogP contribution is 2.16. The van der Waals surface area contributed by atoms with Gasteiger partial charge >= 0.3 is 0 Å². The van der Waals surface area contributed by atoms with Crippen LogP contribution in [0, 0.1) is 0 Å². The summed E-state index contributed by atoms with van der Waals surface area (Å²) in [5.41, 5.74) is 5.85. The van der Waals surface area contributed by atoms with Crippen molar-refractivity contribution in [1.82, 2.24) is 4.90 Å². The number of nitrogens with zero attached hydrogens (tertiary/aromatic N) is 1. The fourth-order valence-corrected chi connectivity index (χ4v) is 1.22. The van der Waals surface area contributed by atoms with Crippen molar-refractivity contribution in [2.45, 2.75) is 39.7 Å². The van der Waals surface area contributed by atoms with Crippen LogP contribution in [-0.4, -0.2) is 29.4 Å².